The van der Waals surface area contributed by atoms with Gasteiger partial charge in [0.25, 0.3) is 0 Å². The summed E-state index contributed by atoms with van der Waals surface area (Å²) in [7, 11) is 1.66. The molecular weight excluding hydrogens is 260 g/mol. The monoisotopic (exact) mass is 274 g/mol. The smallest absolute Gasteiger partial charge is 0.135 e. The molecule has 0 spiro atoms. The highest BCUT2D eigenvalue weighted by atomic mass is 16.5. The second kappa shape index (κ2) is 4.38. The normalized spacial score (nSPS) is 12.5. The second-order valence-corrected chi connectivity index (χ2v) is 5.10. The molecule has 0 atom stereocenters. The SMILES string of the molecule is C=C1c2cc(OC)ccc2Oc2ccc3ccccc3c21. The lowest BCUT2D eigenvalue weighted by Gasteiger charge is -2.24. The molecule has 0 bridgehead atoms. The van der Waals surface area contributed by atoms with Gasteiger partial charge in [0.15, 0.2) is 0 Å². The van der Waals surface area contributed by atoms with E-state index in [2.05, 4.69) is 24.8 Å². The summed E-state index contributed by atoms with van der Waals surface area (Å²) in [6, 6.07) is 18.2. The average Bonchev–Trinajstić information content (AvgIpc) is 2.54. The van der Waals surface area contributed by atoms with Crippen LogP contribution in [0.15, 0.2) is 61.2 Å². The van der Waals surface area contributed by atoms with Gasteiger partial charge in [-0.2, -0.15) is 0 Å². The molecule has 102 valence electrons. The summed E-state index contributed by atoms with van der Waals surface area (Å²) in [5, 5.41) is 2.35. The first-order chi connectivity index (χ1) is 10.3. The lowest BCUT2D eigenvalue weighted by Crippen LogP contribution is -2.02. The van der Waals surface area contributed by atoms with Crippen LogP contribution in [0.2, 0.25) is 0 Å². The van der Waals surface area contributed by atoms with Crippen LogP contribution in [-0.2, 0) is 0 Å². The van der Waals surface area contributed by atoms with E-state index in [1.54, 1.807) is 7.11 Å². The van der Waals surface area contributed by atoms with Crippen molar-refractivity contribution >= 4 is 16.3 Å². The van der Waals surface area contributed by atoms with E-state index in [1.165, 1.54) is 5.39 Å². The average molecular weight is 274 g/mol. The molecular formula is C19H14O2. The molecule has 3 aromatic carbocycles. The third-order valence-corrected chi connectivity index (χ3v) is 3.92. The molecule has 1 heterocycles. The van der Waals surface area contributed by atoms with Crippen molar-refractivity contribution in [1.29, 1.82) is 0 Å². The zero-order valence-corrected chi connectivity index (χ0v) is 11.7. The molecule has 0 saturated carbocycles. The quantitative estimate of drug-likeness (QED) is 0.485. The van der Waals surface area contributed by atoms with Gasteiger partial charge in [0.05, 0.1) is 7.11 Å². The number of benzene rings is 3. The van der Waals surface area contributed by atoms with E-state index in [-0.39, 0.29) is 0 Å². The van der Waals surface area contributed by atoms with Gasteiger partial charge >= 0.3 is 0 Å². The first-order valence-electron chi connectivity index (χ1n) is 6.85. The summed E-state index contributed by atoms with van der Waals surface area (Å²) >= 11 is 0. The molecule has 0 unspecified atom stereocenters. The van der Waals surface area contributed by atoms with Crippen LogP contribution in [0.1, 0.15) is 11.1 Å². The van der Waals surface area contributed by atoms with Crippen LogP contribution in [0.5, 0.6) is 17.2 Å². The van der Waals surface area contributed by atoms with Crippen LogP contribution < -0.4 is 9.47 Å². The van der Waals surface area contributed by atoms with Crippen LogP contribution in [0, 0.1) is 0 Å². The molecule has 21 heavy (non-hydrogen) atoms. The minimum Gasteiger partial charge on any atom is -0.497 e. The summed E-state index contributed by atoms with van der Waals surface area (Å²) in [6.07, 6.45) is 0. The van der Waals surface area contributed by atoms with E-state index in [4.69, 9.17) is 9.47 Å². The third kappa shape index (κ3) is 1.73. The molecule has 0 aromatic heterocycles. The molecule has 3 aromatic rings. The van der Waals surface area contributed by atoms with Crippen molar-refractivity contribution in [2.75, 3.05) is 7.11 Å². The number of hydrogen-bond acceptors (Lipinski definition) is 2. The van der Waals surface area contributed by atoms with Gasteiger partial charge in [-0.25, -0.2) is 0 Å². The van der Waals surface area contributed by atoms with Gasteiger partial charge in [0.1, 0.15) is 17.2 Å². The van der Waals surface area contributed by atoms with Gasteiger partial charge in [0.2, 0.25) is 0 Å². The zero-order valence-electron chi connectivity index (χ0n) is 11.7. The molecule has 2 heteroatoms. The molecule has 1 aliphatic rings. The molecule has 0 fully saturated rings. The van der Waals surface area contributed by atoms with Crippen LogP contribution in [-0.4, -0.2) is 7.11 Å². The maximum atomic E-state index is 6.04. The Morgan fingerprint density at radius 3 is 2.62 bits per heavy atom. The van der Waals surface area contributed by atoms with Crippen LogP contribution in [0.25, 0.3) is 16.3 Å². The summed E-state index contributed by atoms with van der Waals surface area (Å²) in [6.45, 7) is 4.29. The van der Waals surface area contributed by atoms with E-state index < -0.39 is 0 Å². The van der Waals surface area contributed by atoms with Crippen LogP contribution in [0.4, 0.5) is 0 Å². The highest BCUT2D eigenvalue weighted by Gasteiger charge is 2.22. The number of ether oxygens (including phenoxy) is 2. The molecule has 0 radical (unpaired) electrons. The van der Waals surface area contributed by atoms with Crippen molar-refractivity contribution in [2.24, 2.45) is 0 Å². The Labute approximate surface area is 123 Å². The molecule has 0 amide bonds. The van der Waals surface area contributed by atoms with E-state index in [1.807, 2.05) is 36.4 Å². The Balaban J connectivity index is 1.99. The highest BCUT2D eigenvalue weighted by Crippen LogP contribution is 2.46. The summed E-state index contributed by atoms with van der Waals surface area (Å²) in [4.78, 5) is 0. The summed E-state index contributed by atoms with van der Waals surface area (Å²) in [5.74, 6) is 2.49. The van der Waals surface area contributed by atoms with E-state index in [0.717, 1.165) is 39.3 Å². The van der Waals surface area contributed by atoms with Crippen molar-refractivity contribution in [1.82, 2.24) is 0 Å². The van der Waals surface area contributed by atoms with Crippen LogP contribution >= 0.6 is 0 Å². The molecule has 0 N–H and O–H groups in total. The molecule has 0 saturated heterocycles. The third-order valence-electron chi connectivity index (χ3n) is 3.92. The fraction of sp³-hybridized carbons (Fsp3) is 0.0526. The zero-order chi connectivity index (χ0) is 14.4. The molecule has 0 aliphatic carbocycles. The fourth-order valence-corrected chi connectivity index (χ4v) is 2.86. The predicted molar refractivity (Wildman–Crippen MR) is 85.2 cm³/mol. The Bertz CT molecular complexity index is 878. The Morgan fingerprint density at radius 1 is 0.952 bits per heavy atom. The van der Waals surface area contributed by atoms with Crippen molar-refractivity contribution in [2.45, 2.75) is 0 Å². The van der Waals surface area contributed by atoms with E-state index in [0.29, 0.717) is 0 Å². The Hall–Kier alpha value is -2.74. The predicted octanol–water partition coefficient (Wildman–Crippen LogP) is 5.02. The maximum Gasteiger partial charge on any atom is 0.135 e. The number of fused-ring (bicyclic) bond motifs is 4. The van der Waals surface area contributed by atoms with Gasteiger partial charge in [0, 0.05) is 11.1 Å². The molecule has 1 aliphatic heterocycles. The summed E-state index contributed by atoms with van der Waals surface area (Å²) < 4.78 is 11.3. The number of rotatable bonds is 1. The van der Waals surface area contributed by atoms with Crippen molar-refractivity contribution in [3.63, 3.8) is 0 Å². The standard InChI is InChI=1S/C19H14O2/c1-12-16-11-14(20-2)8-10-17(16)21-18-9-7-13-5-3-4-6-15(13)19(12)18/h3-11H,1H2,2H3. The lowest BCUT2D eigenvalue weighted by molar-refractivity contribution is 0.412. The minimum atomic E-state index is 0.808. The van der Waals surface area contributed by atoms with Gasteiger partial charge in [-0.1, -0.05) is 36.9 Å². The minimum absolute atomic E-state index is 0.808. The van der Waals surface area contributed by atoms with Crippen molar-refractivity contribution in [3.8, 4) is 17.2 Å². The number of hydrogen-bond donors (Lipinski definition) is 0. The molecule has 2 nitrogen and oxygen atoms in total. The van der Waals surface area contributed by atoms with Gasteiger partial charge in [-0.05, 0) is 40.6 Å². The highest BCUT2D eigenvalue weighted by molar-refractivity contribution is 6.01. The topological polar surface area (TPSA) is 18.5 Å². The summed E-state index contributed by atoms with van der Waals surface area (Å²) in [5.41, 5.74) is 3.02. The largest absolute Gasteiger partial charge is 0.497 e. The Kier molecular flexibility index (Phi) is 2.51. The van der Waals surface area contributed by atoms with Gasteiger partial charge in [-0.15, -0.1) is 0 Å². The second-order valence-electron chi connectivity index (χ2n) is 5.10. The van der Waals surface area contributed by atoms with Gasteiger partial charge in [-0.3, -0.25) is 0 Å². The maximum absolute atomic E-state index is 6.04. The van der Waals surface area contributed by atoms with Gasteiger partial charge < -0.3 is 9.47 Å². The fourth-order valence-electron chi connectivity index (χ4n) is 2.86. The first kappa shape index (κ1) is 12.0. The number of methoxy groups -OCH3 is 1. The molecule has 4 rings (SSSR count). The first-order valence-corrected chi connectivity index (χ1v) is 6.85. The van der Waals surface area contributed by atoms with E-state index in [9.17, 15) is 0 Å². The van der Waals surface area contributed by atoms with Crippen molar-refractivity contribution < 1.29 is 9.47 Å². The Morgan fingerprint density at radius 2 is 1.76 bits per heavy atom. The lowest BCUT2D eigenvalue weighted by atomic mass is 9.91. The van der Waals surface area contributed by atoms with Crippen LogP contribution in [0.3, 0.4) is 0 Å². The van der Waals surface area contributed by atoms with E-state index >= 15 is 0 Å². The van der Waals surface area contributed by atoms with Crippen molar-refractivity contribution in [3.05, 3.63) is 72.3 Å².